The second-order valence-corrected chi connectivity index (χ2v) is 7.14. The average Bonchev–Trinajstić information content (AvgIpc) is 2.83. The maximum Gasteiger partial charge on any atom is 0.200 e. The van der Waals surface area contributed by atoms with Crippen molar-refractivity contribution in [1.29, 1.82) is 0 Å². The molecule has 0 N–H and O–H groups in total. The maximum absolute atomic E-state index is 13.1. The van der Waals surface area contributed by atoms with Gasteiger partial charge in [-0.1, -0.05) is 18.2 Å². The van der Waals surface area contributed by atoms with Crippen LogP contribution in [0.1, 0.15) is 5.56 Å². The number of hydrogen-bond donors (Lipinski definition) is 0. The van der Waals surface area contributed by atoms with E-state index in [1.807, 2.05) is 36.4 Å². The van der Waals surface area contributed by atoms with Gasteiger partial charge in [-0.05, 0) is 47.5 Å². The molecule has 6 nitrogen and oxygen atoms in total. The number of methoxy groups -OCH3 is 1. The molecule has 1 aromatic heterocycles. The number of rotatable bonds is 5. The molecule has 31 heavy (non-hydrogen) atoms. The lowest BCUT2D eigenvalue weighted by Gasteiger charge is -2.18. The molecule has 0 aliphatic carbocycles. The van der Waals surface area contributed by atoms with Crippen LogP contribution >= 0.6 is 0 Å². The van der Waals surface area contributed by atoms with E-state index >= 15 is 0 Å². The molecule has 4 aromatic rings. The minimum absolute atomic E-state index is 0.114. The summed E-state index contributed by atoms with van der Waals surface area (Å²) in [4.78, 5) is 13.1. The van der Waals surface area contributed by atoms with Gasteiger partial charge >= 0.3 is 0 Å². The zero-order valence-electron chi connectivity index (χ0n) is 16.9. The summed E-state index contributed by atoms with van der Waals surface area (Å²) >= 11 is 0. The highest BCUT2D eigenvalue weighted by Gasteiger charge is 2.15. The second-order valence-electron chi connectivity index (χ2n) is 7.14. The molecule has 1 aliphatic rings. The summed E-state index contributed by atoms with van der Waals surface area (Å²) in [6.45, 7) is 1.39. The molecule has 2 heterocycles. The van der Waals surface area contributed by atoms with Gasteiger partial charge in [0.1, 0.15) is 43.2 Å². The van der Waals surface area contributed by atoms with E-state index in [1.165, 1.54) is 6.26 Å². The van der Waals surface area contributed by atoms with Crippen molar-refractivity contribution in [3.8, 4) is 34.1 Å². The summed E-state index contributed by atoms with van der Waals surface area (Å²) in [5, 5.41) is 0.487. The van der Waals surface area contributed by atoms with Crippen LogP contribution in [0, 0.1) is 0 Å². The van der Waals surface area contributed by atoms with E-state index < -0.39 is 0 Å². The first-order valence-corrected chi connectivity index (χ1v) is 9.92. The van der Waals surface area contributed by atoms with Crippen LogP contribution in [-0.4, -0.2) is 20.3 Å². The smallest absolute Gasteiger partial charge is 0.200 e. The molecule has 0 saturated carbocycles. The number of fused-ring (bicyclic) bond motifs is 2. The van der Waals surface area contributed by atoms with Crippen molar-refractivity contribution < 1.29 is 23.4 Å². The van der Waals surface area contributed by atoms with Crippen molar-refractivity contribution in [3.63, 3.8) is 0 Å². The van der Waals surface area contributed by atoms with E-state index in [9.17, 15) is 4.79 Å². The van der Waals surface area contributed by atoms with E-state index in [-0.39, 0.29) is 5.43 Å². The van der Waals surface area contributed by atoms with Crippen LogP contribution in [0.3, 0.4) is 0 Å². The largest absolute Gasteiger partial charge is 0.497 e. The molecule has 0 amide bonds. The van der Waals surface area contributed by atoms with Gasteiger partial charge in [0, 0.05) is 6.07 Å². The molecule has 5 rings (SSSR count). The van der Waals surface area contributed by atoms with Gasteiger partial charge in [-0.15, -0.1) is 0 Å². The second kappa shape index (κ2) is 8.07. The van der Waals surface area contributed by atoms with Crippen LogP contribution in [0.4, 0.5) is 0 Å². The lowest BCUT2D eigenvalue weighted by molar-refractivity contribution is 0.171. The van der Waals surface area contributed by atoms with Gasteiger partial charge in [-0.3, -0.25) is 4.79 Å². The lowest BCUT2D eigenvalue weighted by Crippen LogP contribution is -2.15. The van der Waals surface area contributed by atoms with Gasteiger partial charge < -0.3 is 23.4 Å². The Morgan fingerprint density at radius 3 is 2.65 bits per heavy atom. The molecule has 1 aliphatic heterocycles. The van der Waals surface area contributed by atoms with Crippen LogP contribution in [0.25, 0.3) is 22.1 Å². The summed E-state index contributed by atoms with van der Waals surface area (Å²) in [7, 11) is 1.63. The molecular formula is C25H20O6. The topological polar surface area (TPSA) is 67.1 Å². The number of ether oxygens (including phenoxy) is 4. The summed E-state index contributed by atoms with van der Waals surface area (Å²) in [5.41, 5.74) is 2.52. The van der Waals surface area contributed by atoms with Crippen molar-refractivity contribution >= 4 is 11.0 Å². The number of benzene rings is 3. The van der Waals surface area contributed by atoms with E-state index in [2.05, 4.69) is 0 Å². The molecule has 0 spiro atoms. The van der Waals surface area contributed by atoms with Gasteiger partial charge in [0.05, 0.1) is 18.1 Å². The van der Waals surface area contributed by atoms with E-state index in [1.54, 1.807) is 31.4 Å². The van der Waals surface area contributed by atoms with E-state index in [0.29, 0.717) is 53.6 Å². The molecule has 0 saturated heterocycles. The van der Waals surface area contributed by atoms with E-state index in [4.69, 9.17) is 23.4 Å². The first kappa shape index (κ1) is 19.1. The molecule has 0 radical (unpaired) electrons. The molecular weight excluding hydrogens is 396 g/mol. The van der Waals surface area contributed by atoms with Crippen molar-refractivity contribution in [3.05, 3.63) is 82.7 Å². The van der Waals surface area contributed by atoms with Crippen molar-refractivity contribution in [1.82, 2.24) is 0 Å². The lowest BCUT2D eigenvalue weighted by atomic mass is 10.0. The Morgan fingerprint density at radius 1 is 0.903 bits per heavy atom. The maximum atomic E-state index is 13.1. The highest BCUT2D eigenvalue weighted by Crippen LogP contribution is 2.34. The van der Waals surface area contributed by atoms with Crippen molar-refractivity contribution in [2.45, 2.75) is 6.61 Å². The molecule has 156 valence electrons. The minimum atomic E-state index is -0.114. The third-order valence-electron chi connectivity index (χ3n) is 5.14. The Labute approximate surface area is 178 Å². The predicted octanol–water partition coefficient (Wildman–Crippen LogP) is 4.82. The molecule has 0 unspecified atom stereocenters. The van der Waals surface area contributed by atoms with Crippen LogP contribution < -0.4 is 24.4 Å². The standard InChI is InChI=1S/C25H20O6/c1-27-18-4-2-3-16(11-18)14-30-19-6-7-20-23(13-19)31-15-21(25(20)26)17-5-8-22-24(12-17)29-10-9-28-22/h2-8,11-13,15H,9-10,14H2,1H3. The zero-order valence-corrected chi connectivity index (χ0v) is 16.9. The van der Waals surface area contributed by atoms with Crippen LogP contribution in [0.15, 0.2) is 76.1 Å². The quantitative estimate of drug-likeness (QED) is 0.465. The molecule has 0 atom stereocenters. The fraction of sp³-hybridized carbons (Fsp3) is 0.160. The Balaban J connectivity index is 1.41. The normalized spacial score (nSPS) is 12.5. The monoisotopic (exact) mass is 416 g/mol. The molecule has 0 bridgehead atoms. The Bertz CT molecular complexity index is 1310. The summed E-state index contributed by atoms with van der Waals surface area (Å²) < 4.78 is 28.1. The van der Waals surface area contributed by atoms with Gasteiger partial charge in [0.25, 0.3) is 0 Å². The summed E-state index contributed by atoms with van der Waals surface area (Å²) in [6.07, 6.45) is 1.47. The van der Waals surface area contributed by atoms with Crippen LogP contribution in [-0.2, 0) is 6.61 Å². The Kier molecular flexibility index (Phi) is 4.96. The van der Waals surface area contributed by atoms with Gasteiger partial charge in [-0.25, -0.2) is 0 Å². The first-order valence-electron chi connectivity index (χ1n) is 9.92. The molecule has 0 fully saturated rings. The average molecular weight is 416 g/mol. The van der Waals surface area contributed by atoms with Gasteiger partial charge in [-0.2, -0.15) is 0 Å². The van der Waals surface area contributed by atoms with Gasteiger partial charge in [0.15, 0.2) is 16.9 Å². The van der Waals surface area contributed by atoms with Crippen LogP contribution in [0.5, 0.6) is 23.0 Å². The molecule has 3 aromatic carbocycles. The fourth-order valence-corrected chi connectivity index (χ4v) is 3.54. The minimum Gasteiger partial charge on any atom is -0.497 e. The summed E-state index contributed by atoms with van der Waals surface area (Å²) in [5.74, 6) is 2.70. The molecule has 6 heteroatoms. The first-order chi connectivity index (χ1) is 15.2. The predicted molar refractivity (Wildman–Crippen MR) is 116 cm³/mol. The third-order valence-corrected chi connectivity index (χ3v) is 5.14. The van der Waals surface area contributed by atoms with Gasteiger partial charge in [0.2, 0.25) is 0 Å². The number of hydrogen-bond acceptors (Lipinski definition) is 6. The third kappa shape index (κ3) is 3.80. The highest BCUT2D eigenvalue weighted by molar-refractivity contribution is 5.83. The Morgan fingerprint density at radius 2 is 1.77 bits per heavy atom. The van der Waals surface area contributed by atoms with Crippen molar-refractivity contribution in [2.24, 2.45) is 0 Å². The summed E-state index contributed by atoms with van der Waals surface area (Å²) in [6, 6.07) is 18.3. The SMILES string of the molecule is COc1cccc(COc2ccc3c(=O)c(-c4ccc5c(c4)OCCO5)coc3c2)c1. The highest BCUT2D eigenvalue weighted by atomic mass is 16.6. The van der Waals surface area contributed by atoms with Crippen molar-refractivity contribution in [2.75, 3.05) is 20.3 Å². The zero-order chi connectivity index (χ0) is 21.2. The van der Waals surface area contributed by atoms with E-state index in [0.717, 1.165) is 16.9 Å². The van der Waals surface area contributed by atoms with Crippen LogP contribution in [0.2, 0.25) is 0 Å². The fourth-order valence-electron chi connectivity index (χ4n) is 3.54. The Hall–Kier alpha value is -3.93.